The molecule has 1 aliphatic rings. The van der Waals surface area contributed by atoms with Gasteiger partial charge in [0.2, 0.25) is 0 Å². The lowest BCUT2D eigenvalue weighted by molar-refractivity contribution is 0.195. The van der Waals surface area contributed by atoms with Gasteiger partial charge in [-0.2, -0.15) is 5.10 Å². The standard InChI is InChI=1S/C19H26N4O/c1-22(13-16-12-20-23(2)14-16)19(24)21-18(11-15-7-6-8-15)17-9-4-3-5-10-17/h3-5,9-10,12,14-15,18H,6-8,11,13H2,1-2H3,(H,21,24)/t18-/m0/s1. The van der Waals surface area contributed by atoms with Gasteiger partial charge in [0, 0.05) is 25.9 Å². The average molecular weight is 326 g/mol. The predicted octanol–water partition coefficient (Wildman–Crippen LogP) is 3.49. The molecule has 0 aliphatic heterocycles. The van der Waals surface area contributed by atoms with Gasteiger partial charge in [-0.05, 0) is 17.9 Å². The lowest BCUT2D eigenvalue weighted by Crippen LogP contribution is -2.40. The van der Waals surface area contributed by atoms with Crippen molar-refractivity contribution in [3.63, 3.8) is 0 Å². The molecule has 0 radical (unpaired) electrons. The smallest absolute Gasteiger partial charge is 0.317 e. The number of nitrogens with zero attached hydrogens (tertiary/aromatic N) is 3. The number of aromatic nitrogens is 2. The Bertz CT molecular complexity index is 663. The Labute approximate surface area is 143 Å². The molecule has 1 saturated carbocycles. The maximum atomic E-state index is 12.6. The normalized spacial score (nSPS) is 15.6. The van der Waals surface area contributed by atoms with Crippen LogP contribution in [-0.4, -0.2) is 27.8 Å². The fraction of sp³-hybridized carbons (Fsp3) is 0.474. The molecular weight excluding hydrogens is 300 g/mol. The molecule has 2 aromatic rings. The number of benzene rings is 1. The molecule has 5 heteroatoms. The number of aryl methyl sites for hydroxylation is 1. The van der Waals surface area contributed by atoms with E-state index in [1.807, 2.05) is 38.5 Å². The molecule has 0 bridgehead atoms. The summed E-state index contributed by atoms with van der Waals surface area (Å²) in [5.41, 5.74) is 2.22. The highest BCUT2D eigenvalue weighted by Gasteiger charge is 2.25. The zero-order valence-electron chi connectivity index (χ0n) is 14.5. The van der Waals surface area contributed by atoms with Crippen LogP contribution in [0.2, 0.25) is 0 Å². The van der Waals surface area contributed by atoms with Crippen LogP contribution in [0, 0.1) is 5.92 Å². The molecule has 0 spiro atoms. The van der Waals surface area contributed by atoms with E-state index in [0.29, 0.717) is 6.54 Å². The zero-order chi connectivity index (χ0) is 16.9. The minimum Gasteiger partial charge on any atom is -0.331 e. The Balaban J connectivity index is 1.63. The van der Waals surface area contributed by atoms with Crippen LogP contribution in [0.4, 0.5) is 4.79 Å². The molecule has 1 heterocycles. The second-order valence-corrected chi connectivity index (χ2v) is 6.82. The highest BCUT2D eigenvalue weighted by molar-refractivity contribution is 5.74. The second-order valence-electron chi connectivity index (χ2n) is 6.82. The maximum absolute atomic E-state index is 12.6. The van der Waals surface area contributed by atoms with Gasteiger partial charge in [-0.3, -0.25) is 4.68 Å². The number of carbonyl (C=O) groups excluding carboxylic acids is 1. The van der Waals surface area contributed by atoms with E-state index in [4.69, 9.17) is 0 Å². The van der Waals surface area contributed by atoms with Crippen molar-refractivity contribution < 1.29 is 4.79 Å². The third kappa shape index (κ3) is 4.16. The largest absolute Gasteiger partial charge is 0.331 e. The summed E-state index contributed by atoms with van der Waals surface area (Å²) in [6, 6.07) is 10.3. The summed E-state index contributed by atoms with van der Waals surface area (Å²) in [6.45, 7) is 0.560. The van der Waals surface area contributed by atoms with E-state index in [9.17, 15) is 4.79 Å². The topological polar surface area (TPSA) is 50.2 Å². The number of hydrogen-bond acceptors (Lipinski definition) is 2. The van der Waals surface area contributed by atoms with Gasteiger partial charge in [0.1, 0.15) is 0 Å². The van der Waals surface area contributed by atoms with E-state index >= 15 is 0 Å². The first-order chi connectivity index (χ1) is 11.6. The summed E-state index contributed by atoms with van der Waals surface area (Å²) in [7, 11) is 3.71. The first kappa shape index (κ1) is 16.6. The number of carbonyl (C=O) groups is 1. The monoisotopic (exact) mass is 326 g/mol. The number of hydrogen-bond donors (Lipinski definition) is 1. The number of rotatable bonds is 6. The van der Waals surface area contributed by atoms with Crippen molar-refractivity contribution in [3.8, 4) is 0 Å². The van der Waals surface area contributed by atoms with Gasteiger partial charge in [0.25, 0.3) is 0 Å². The molecule has 128 valence electrons. The van der Waals surface area contributed by atoms with Crippen LogP contribution in [0.15, 0.2) is 42.7 Å². The van der Waals surface area contributed by atoms with Crippen molar-refractivity contribution in [2.75, 3.05) is 7.05 Å². The van der Waals surface area contributed by atoms with Crippen LogP contribution in [0.25, 0.3) is 0 Å². The lowest BCUT2D eigenvalue weighted by atomic mass is 9.79. The number of nitrogens with one attached hydrogen (secondary N) is 1. The van der Waals surface area contributed by atoms with Gasteiger partial charge in [0.05, 0.1) is 18.8 Å². The minimum absolute atomic E-state index is 0.0352. The van der Waals surface area contributed by atoms with Crippen molar-refractivity contribution in [2.24, 2.45) is 13.0 Å². The fourth-order valence-electron chi connectivity index (χ4n) is 3.18. The number of amides is 2. The second kappa shape index (κ2) is 7.51. The third-order valence-corrected chi connectivity index (χ3v) is 4.82. The SMILES string of the molecule is CN(Cc1cnn(C)c1)C(=O)N[C@@H](CC1CCC1)c1ccccc1. The molecule has 1 fully saturated rings. The van der Waals surface area contributed by atoms with E-state index in [0.717, 1.165) is 17.9 Å². The van der Waals surface area contributed by atoms with Crippen LogP contribution in [0.1, 0.15) is 42.9 Å². The van der Waals surface area contributed by atoms with Gasteiger partial charge in [-0.25, -0.2) is 4.79 Å². The van der Waals surface area contributed by atoms with Crippen molar-refractivity contribution in [1.29, 1.82) is 0 Å². The summed E-state index contributed by atoms with van der Waals surface area (Å²) in [4.78, 5) is 14.3. The first-order valence-corrected chi connectivity index (χ1v) is 8.66. The summed E-state index contributed by atoms with van der Waals surface area (Å²) in [6.07, 6.45) is 8.65. The van der Waals surface area contributed by atoms with Crippen molar-refractivity contribution in [2.45, 2.75) is 38.3 Å². The van der Waals surface area contributed by atoms with Crippen molar-refractivity contribution in [3.05, 3.63) is 53.9 Å². The molecule has 1 aromatic heterocycles. The molecule has 3 rings (SSSR count). The molecule has 2 amide bonds. The highest BCUT2D eigenvalue weighted by Crippen LogP contribution is 2.34. The molecule has 1 aromatic carbocycles. The van der Waals surface area contributed by atoms with Crippen LogP contribution >= 0.6 is 0 Å². The Morgan fingerprint density at radius 3 is 2.71 bits per heavy atom. The third-order valence-electron chi connectivity index (χ3n) is 4.82. The molecular formula is C19H26N4O. The lowest BCUT2D eigenvalue weighted by Gasteiger charge is -2.31. The number of urea groups is 1. The van der Waals surface area contributed by atoms with E-state index < -0.39 is 0 Å². The quantitative estimate of drug-likeness (QED) is 0.883. The van der Waals surface area contributed by atoms with E-state index in [2.05, 4.69) is 22.5 Å². The van der Waals surface area contributed by atoms with Crippen LogP contribution in [0.5, 0.6) is 0 Å². The van der Waals surface area contributed by atoms with Gasteiger partial charge in [0.15, 0.2) is 0 Å². The summed E-state index contributed by atoms with van der Waals surface area (Å²) < 4.78 is 1.75. The summed E-state index contributed by atoms with van der Waals surface area (Å²) in [5.74, 6) is 0.735. The van der Waals surface area contributed by atoms with E-state index in [-0.39, 0.29) is 12.1 Å². The minimum atomic E-state index is -0.0352. The Morgan fingerprint density at radius 1 is 1.38 bits per heavy atom. The maximum Gasteiger partial charge on any atom is 0.317 e. The zero-order valence-corrected chi connectivity index (χ0v) is 14.5. The van der Waals surface area contributed by atoms with Crippen molar-refractivity contribution in [1.82, 2.24) is 20.0 Å². The Hall–Kier alpha value is -2.30. The first-order valence-electron chi connectivity index (χ1n) is 8.66. The molecule has 1 aliphatic carbocycles. The fourth-order valence-corrected chi connectivity index (χ4v) is 3.18. The van der Waals surface area contributed by atoms with Gasteiger partial charge >= 0.3 is 6.03 Å². The molecule has 1 N–H and O–H groups in total. The van der Waals surface area contributed by atoms with Gasteiger partial charge in [-0.15, -0.1) is 0 Å². The molecule has 5 nitrogen and oxygen atoms in total. The van der Waals surface area contributed by atoms with Crippen LogP contribution < -0.4 is 5.32 Å². The molecule has 24 heavy (non-hydrogen) atoms. The Kier molecular flexibility index (Phi) is 5.18. The van der Waals surface area contributed by atoms with Crippen LogP contribution in [0.3, 0.4) is 0 Å². The average Bonchev–Trinajstić information content (AvgIpc) is 2.95. The van der Waals surface area contributed by atoms with Crippen molar-refractivity contribution >= 4 is 6.03 Å². The summed E-state index contributed by atoms with van der Waals surface area (Å²) in [5, 5.41) is 7.37. The molecule has 1 atom stereocenters. The predicted molar refractivity (Wildman–Crippen MR) is 94.3 cm³/mol. The molecule has 0 saturated heterocycles. The van der Waals surface area contributed by atoms with Crippen LogP contribution in [-0.2, 0) is 13.6 Å². The van der Waals surface area contributed by atoms with E-state index in [1.165, 1.54) is 24.8 Å². The Morgan fingerprint density at radius 2 is 2.12 bits per heavy atom. The summed E-state index contributed by atoms with van der Waals surface area (Å²) >= 11 is 0. The van der Waals surface area contributed by atoms with Gasteiger partial charge < -0.3 is 10.2 Å². The highest BCUT2D eigenvalue weighted by atomic mass is 16.2. The van der Waals surface area contributed by atoms with E-state index in [1.54, 1.807) is 15.8 Å². The molecule has 0 unspecified atom stereocenters. The van der Waals surface area contributed by atoms with Gasteiger partial charge in [-0.1, -0.05) is 49.6 Å².